The van der Waals surface area contributed by atoms with Crippen LogP contribution in [0.25, 0.3) is 23.2 Å². The fraction of sp³-hybridized carbons (Fsp3) is 0.222. The first kappa shape index (κ1) is 29.5. The van der Waals surface area contributed by atoms with Gasteiger partial charge in [-0.05, 0) is 53.8 Å². The lowest BCUT2D eigenvalue weighted by Gasteiger charge is -2.14. The molecule has 0 spiro atoms. The summed E-state index contributed by atoms with van der Waals surface area (Å²) in [5, 5.41) is 0. The molecule has 1 aromatic heterocycles. The Kier molecular flexibility index (Phi) is 9.74. The smallest absolute Gasteiger partial charge is 0.306 e. The van der Waals surface area contributed by atoms with Crippen LogP contribution < -0.4 is 14.2 Å². The van der Waals surface area contributed by atoms with E-state index in [-0.39, 0.29) is 19.0 Å². The van der Waals surface area contributed by atoms with Gasteiger partial charge in [-0.2, -0.15) is 0 Å². The fourth-order valence-corrected chi connectivity index (χ4v) is 4.70. The Morgan fingerprint density at radius 2 is 1.58 bits per heavy atom. The number of carbonyl (C=O) groups excluding carboxylic acids is 1. The summed E-state index contributed by atoms with van der Waals surface area (Å²) in [4.78, 5) is 16.8. The summed E-state index contributed by atoms with van der Waals surface area (Å²) in [6.45, 7) is 2.83. The van der Waals surface area contributed by atoms with E-state index in [9.17, 15) is 4.79 Å². The van der Waals surface area contributed by atoms with Crippen molar-refractivity contribution >= 4 is 29.2 Å². The second kappa shape index (κ2) is 14.2. The van der Waals surface area contributed by atoms with Gasteiger partial charge in [-0.1, -0.05) is 72.8 Å². The maximum absolute atomic E-state index is 12.0. The lowest BCUT2D eigenvalue weighted by atomic mass is 10.1. The van der Waals surface area contributed by atoms with Gasteiger partial charge in [0, 0.05) is 25.6 Å². The van der Waals surface area contributed by atoms with Gasteiger partial charge in [0.15, 0.2) is 0 Å². The van der Waals surface area contributed by atoms with Crippen molar-refractivity contribution < 1.29 is 23.7 Å². The van der Waals surface area contributed by atoms with E-state index in [0.717, 1.165) is 44.9 Å². The van der Waals surface area contributed by atoms with E-state index in [0.29, 0.717) is 31.1 Å². The van der Waals surface area contributed by atoms with Gasteiger partial charge in [-0.15, -0.1) is 0 Å². The summed E-state index contributed by atoms with van der Waals surface area (Å²) in [6.07, 6.45) is 4.97. The standard InChI is InChI=1S/C36H36N2O5/c1-4-41-36(39)21-17-29-16-18-31(42-25-35-37-32-20-19-30(40-3)22-33(32)38(35)2)23-34(29)43-24-28-14-12-27(13-15-28)11-10-26-8-6-5-7-9-26/h5-16,18-20,22-23H,4,17,21,24-25H2,1-3H3. The number of rotatable bonds is 13. The van der Waals surface area contributed by atoms with E-state index < -0.39 is 0 Å². The Labute approximate surface area is 252 Å². The SMILES string of the molecule is CCOC(=O)CCc1ccc(OCc2nc3ccc(OC)cc3n2C)cc1OCc1ccc(C=Cc2ccccc2)cc1. The number of nitrogens with zero attached hydrogens (tertiary/aromatic N) is 2. The van der Waals surface area contributed by atoms with Gasteiger partial charge in [0.25, 0.3) is 0 Å². The molecule has 0 unspecified atom stereocenters. The molecule has 0 fully saturated rings. The normalized spacial score (nSPS) is 11.1. The number of ether oxygens (including phenoxy) is 4. The highest BCUT2D eigenvalue weighted by atomic mass is 16.5. The van der Waals surface area contributed by atoms with E-state index in [2.05, 4.69) is 48.6 Å². The van der Waals surface area contributed by atoms with Gasteiger partial charge < -0.3 is 23.5 Å². The molecule has 0 N–H and O–H groups in total. The van der Waals surface area contributed by atoms with Crippen molar-refractivity contribution in [3.63, 3.8) is 0 Å². The van der Waals surface area contributed by atoms with Gasteiger partial charge in [0.2, 0.25) is 0 Å². The zero-order chi connectivity index (χ0) is 30.0. The van der Waals surface area contributed by atoms with Gasteiger partial charge >= 0.3 is 5.97 Å². The molecular weight excluding hydrogens is 540 g/mol. The summed E-state index contributed by atoms with van der Waals surface area (Å²) in [6, 6.07) is 30.0. The fourth-order valence-electron chi connectivity index (χ4n) is 4.70. The number of carbonyl (C=O) groups is 1. The third kappa shape index (κ3) is 7.83. The number of methoxy groups -OCH3 is 1. The molecule has 7 nitrogen and oxygen atoms in total. The zero-order valence-corrected chi connectivity index (χ0v) is 24.8. The summed E-state index contributed by atoms with van der Waals surface area (Å²) >= 11 is 0. The summed E-state index contributed by atoms with van der Waals surface area (Å²) in [5.41, 5.74) is 6.06. The molecule has 0 radical (unpaired) electrons. The molecule has 0 aliphatic carbocycles. The number of benzene rings is 4. The van der Waals surface area contributed by atoms with Gasteiger partial charge in [0.1, 0.15) is 36.3 Å². The van der Waals surface area contributed by atoms with E-state index in [1.165, 1.54) is 0 Å². The lowest BCUT2D eigenvalue weighted by Crippen LogP contribution is -2.07. The molecule has 0 saturated heterocycles. The number of imidazole rings is 1. The molecule has 0 aliphatic heterocycles. The highest BCUT2D eigenvalue weighted by Crippen LogP contribution is 2.29. The number of hydrogen-bond donors (Lipinski definition) is 0. The molecule has 7 heteroatoms. The van der Waals surface area contributed by atoms with Gasteiger partial charge in [-0.25, -0.2) is 4.98 Å². The highest BCUT2D eigenvalue weighted by Gasteiger charge is 2.13. The van der Waals surface area contributed by atoms with Crippen molar-refractivity contribution in [1.82, 2.24) is 9.55 Å². The van der Waals surface area contributed by atoms with E-state index in [1.807, 2.05) is 73.1 Å². The molecule has 0 aliphatic rings. The molecule has 220 valence electrons. The molecule has 0 bridgehead atoms. The predicted octanol–water partition coefficient (Wildman–Crippen LogP) is 7.41. The van der Waals surface area contributed by atoms with Crippen molar-refractivity contribution in [2.45, 2.75) is 33.0 Å². The summed E-state index contributed by atoms with van der Waals surface area (Å²) < 4.78 is 24.9. The van der Waals surface area contributed by atoms with Crippen LogP contribution in [0.4, 0.5) is 0 Å². The Morgan fingerprint density at radius 3 is 2.33 bits per heavy atom. The highest BCUT2D eigenvalue weighted by molar-refractivity contribution is 5.77. The van der Waals surface area contributed by atoms with Crippen molar-refractivity contribution in [2.75, 3.05) is 13.7 Å². The topological polar surface area (TPSA) is 71.8 Å². The van der Waals surface area contributed by atoms with Gasteiger partial charge in [0.05, 0.1) is 24.8 Å². The molecule has 0 saturated carbocycles. The van der Waals surface area contributed by atoms with Crippen LogP contribution in [0, 0.1) is 0 Å². The third-order valence-electron chi connectivity index (χ3n) is 7.13. The third-order valence-corrected chi connectivity index (χ3v) is 7.13. The number of aromatic nitrogens is 2. The molecule has 0 amide bonds. The van der Waals surface area contributed by atoms with Crippen LogP contribution in [0.15, 0.2) is 91.0 Å². The Balaban J connectivity index is 1.28. The van der Waals surface area contributed by atoms with Crippen molar-refractivity contribution in [3.8, 4) is 17.2 Å². The van der Waals surface area contributed by atoms with E-state index in [4.69, 9.17) is 23.9 Å². The van der Waals surface area contributed by atoms with Crippen LogP contribution in [0.5, 0.6) is 17.2 Å². The van der Waals surface area contributed by atoms with Crippen LogP contribution in [0.2, 0.25) is 0 Å². The summed E-state index contributed by atoms with van der Waals surface area (Å²) in [5.74, 6) is 2.66. The Hall–Kier alpha value is -5.04. The van der Waals surface area contributed by atoms with Crippen LogP contribution in [0.1, 0.15) is 41.4 Å². The molecule has 4 aromatic carbocycles. The van der Waals surface area contributed by atoms with Crippen molar-refractivity contribution in [2.24, 2.45) is 7.05 Å². The number of fused-ring (bicyclic) bond motifs is 1. The van der Waals surface area contributed by atoms with Crippen LogP contribution in [0.3, 0.4) is 0 Å². The molecule has 1 heterocycles. The quantitative estimate of drug-likeness (QED) is 0.107. The second-order valence-electron chi connectivity index (χ2n) is 10.1. The first-order valence-corrected chi connectivity index (χ1v) is 14.4. The molecular formula is C36H36N2O5. The minimum Gasteiger partial charge on any atom is -0.497 e. The van der Waals surface area contributed by atoms with Crippen LogP contribution >= 0.6 is 0 Å². The Morgan fingerprint density at radius 1 is 0.837 bits per heavy atom. The summed E-state index contributed by atoms with van der Waals surface area (Å²) in [7, 11) is 3.61. The minimum absolute atomic E-state index is 0.230. The maximum Gasteiger partial charge on any atom is 0.306 e. The first-order valence-electron chi connectivity index (χ1n) is 14.4. The van der Waals surface area contributed by atoms with Gasteiger partial charge in [-0.3, -0.25) is 4.79 Å². The zero-order valence-electron chi connectivity index (χ0n) is 24.8. The lowest BCUT2D eigenvalue weighted by molar-refractivity contribution is -0.143. The largest absolute Gasteiger partial charge is 0.497 e. The van der Waals surface area contributed by atoms with Crippen molar-refractivity contribution in [3.05, 3.63) is 119 Å². The Bertz CT molecular complexity index is 1690. The van der Waals surface area contributed by atoms with Crippen LogP contribution in [-0.4, -0.2) is 29.2 Å². The van der Waals surface area contributed by atoms with E-state index in [1.54, 1.807) is 7.11 Å². The van der Waals surface area contributed by atoms with Crippen molar-refractivity contribution in [1.29, 1.82) is 0 Å². The average Bonchev–Trinajstić information content (AvgIpc) is 3.36. The number of aryl methyl sites for hydroxylation is 2. The molecule has 0 atom stereocenters. The average molecular weight is 577 g/mol. The first-order chi connectivity index (χ1) is 21.0. The second-order valence-corrected chi connectivity index (χ2v) is 10.1. The number of hydrogen-bond acceptors (Lipinski definition) is 6. The van der Waals surface area contributed by atoms with Crippen LogP contribution in [-0.2, 0) is 36.2 Å². The molecule has 5 aromatic rings. The maximum atomic E-state index is 12.0. The monoisotopic (exact) mass is 576 g/mol. The predicted molar refractivity (Wildman–Crippen MR) is 169 cm³/mol. The molecule has 43 heavy (non-hydrogen) atoms. The minimum atomic E-state index is -0.230. The van der Waals surface area contributed by atoms with E-state index >= 15 is 0 Å². The molecule has 5 rings (SSSR count). The number of esters is 1.